The van der Waals surface area contributed by atoms with Crippen molar-refractivity contribution in [2.24, 2.45) is 0 Å². The van der Waals surface area contributed by atoms with Gasteiger partial charge in [-0.2, -0.15) is 0 Å². The van der Waals surface area contributed by atoms with Crippen LogP contribution in [0.15, 0.2) is 24.3 Å². The van der Waals surface area contributed by atoms with E-state index in [4.69, 9.17) is 4.74 Å². The van der Waals surface area contributed by atoms with Crippen LogP contribution in [0.2, 0.25) is 0 Å². The predicted octanol–water partition coefficient (Wildman–Crippen LogP) is 25.3. The zero-order valence-electron chi connectivity index (χ0n) is 57.2. The SMILES string of the molecule is CCCCCCCCCCCCCCCCCCCCCCC/C=C/C(O)C(CO)NC(=O)CCCCCCCCCCCCCC/C=C\CCCCCCCCCCCCCCOC(=O)CCCCCCCCCCCCCCCCCC. The zero-order valence-corrected chi connectivity index (χ0v) is 57.2. The van der Waals surface area contributed by atoms with Crippen LogP contribution in [-0.2, 0) is 14.3 Å². The summed E-state index contributed by atoms with van der Waals surface area (Å²) in [6.07, 6.45) is 94.3. The molecule has 0 rings (SSSR count). The Kier molecular flexibility index (Phi) is 72.3. The number of ether oxygens (including phenoxy) is 1. The number of carbonyl (C=O) groups excluding carboxylic acids is 2. The van der Waals surface area contributed by atoms with Crippen LogP contribution in [0.5, 0.6) is 0 Å². The molecule has 0 aliphatic carbocycles. The van der Waals surface area contributed by atoms with E-state index in [9.17, 15) is 19.8 Å². The van der Waals surface area contributed by atoms with Crippen molar-refractivity contribution < 1.29 is 24.5 Å². The summed E-state index contributed by atoms with van der Waals surface area (Å²) in [4.78, 5) is 24.6. The van der Waals surface area contributed by atoms with E-state index in [1.54, 1.807) is 6.08 Å². The Morgan fingerprint density at radius 3 is 0.845 bits per heavy atom. The minimum Gasteiger partial charge on any atom is -0.466 e. The van der Waals surface area contributed by atoms with Crippen LogP contribution in [0.1, 0.15) is 438 Å². The maximum absolute atomic E-state index is 12.5. The first-order valence-electron chi connectivity index (χ1n) is 38.6. The molecule has 84 heavy (non-hydrogen) atoms. The molecule has 3 N–H and O–H groups in total. The van der Waals surface area contributed by atoms with Crippen LogP contribution >= 0.6 is 0 Å². The summed E-state index contributed by atoms with van der Waals surface area (Å²) in [7, 11) is 0. The molecule has 6 heteroatoms. The Hall–Kier alpha value is -1.66. The molecular formula is C78H151NO5. The third-order valence-corrected chi connectivity index (χ3v) is 18.2. The molecule has 6 nitrogen and oxygen atoms in total. The number of esters is 1. The molecule has 0 saturated carbocycles. The summed E-state index contributed by atoms with van der Waals surface area (Å²) < 4.78 is 5.51. The fourth-order valence-electron chi connectivity index (χ4n) is 12.3. The highest BCUT2D eigenvalue weighted by atomic mass is 16.5. The van der Waals surface area contributed by atoms with Gasteiger partial charge < -0.3 is 20.3 Å². The normalized spacial score (nSPS) is 12.6. The highest BCUT2D eigenvalue weighted by Crippen LogP contribution is 2.20. The van der Waals surface area contributed by atoms with Crippen molar-refractivity contribution in [2.75, 3.05) is 13.2 Å². The summed E-state index contributed by atoms with van der Waals surface area (Å²) in [5.74, 6) is -0.0430. The average Bonchev–Trinajstić information content (AvgIpc) is 3.51. The molecule has 0 aliphatic heterocycles. The number of nitrogens with one attached hydrogen (secondary N) is 1. The van der Waals surface area contributed by atoms with Gasteiger partial charge in [0.1, 0.15) is 0 Å². The van der Waals surface area contributed by atoms with Crippen LogP contribution in [-0.4, -0.2) is 47.4 Å². The highest BCUT2D eigenvalue weighted by Gasteiger charge is 2.18. The minimum atomic E-state index is -0.846. The first-order valence-corrected chi connectivity index (χ1v) is 38.6. The van der Waals surface area contributed by atoms with Gasteiger partial charge in [-0.15, -0.1) is 0 Å². The Morgan fingerprint density at radius 1 is 0.321 bits per heavy atom. The van der Waals surface area contributed by atoms with E-state index < -0.39 is 12.1 Å². The molecule has 0 heterocycles. The maximum Gasteiger partial charge on any atom is 0.305 e. The number of rotatable bonds is 73. The molecule has 2 unspecified atom stereocenters. The molecular weight excluding hydrogens is 1030 g/mol. The average molecular weight is 1180 g/mol. The topological polar surface area (TPSA) is 95.9 Å². The molecule has 0 aliphatic rings. The number of hydrogen-bond donors (Lipinski definition) is 3. The lowest BCUT2D eigenvalue weighted by molar-refractivity contribution is -0.143. The number of unbranched alkanes of at least 4 members (excludes halogenated alkanes) is 60. The molecule has 0 saturated heterocycles. The quantitative estimate of drug-likeness (QED) is 0.0320. The van der Waals surface area contributed by atoms with Crippen molar-refractivity contribution in [3.05, 3.63) is 24.3 Å². The van der Waals surface area contributed by atoms with Crippen LogP contribution in [0, 0.1) is 0 Å². The highest BCUT2D eigenvalue weighted by molar-refractivity contribution is 5.76. The Morgan fingerprint density at radius 2 is 0.560 bits per heavy atom. The molecule has 1 amide bonds. The molecule has 498 valence electrons. The standard InChI is InChI=1S/C78H151NO5/c1-3-5-7-9-11-13-15-17-19-21-22-23-30-33-36-39-42-46-50-54-58-62-66-70-76(81)75(74-80)79-77(82)71-67-63-59-55-51-47-43-40-37-34-31-28-26-24-25-27-29-32-35-38-41-45-49-53-57-61-65-69-73-84-78(83)72-68-64-60-56-52-48-44-20-18-16-14-12-10-8-6-4-2/h24-25,66,70,75-76,80-81H,3-23,26-65,67-69,71-74H2,1-2H3,(H,79,82)/b25-24-,70-66+. The summed E-state index contributed by atoms with van der Waals surface area (Å²) in [5, 5.41) is 23.3. The van der Waals surface area contributed by atoms with E-state index in [2.05, 4.69) is 31.3 Å². The van der Waals surface area contributed by atoms with Crippen LogP contribution < -0.4 is 5.32 Å². The summed E-state index contributed by atoms with van der Waals surface area (Å²) in [5.41, 5.74) is 0. The van der Waals surface area contributed by atoms with Gasteiger partial charge in [-0.25, -0.2) is 0 Å². The van der Waals surface area contributed by atoms with Gasteiger partial charge in [0, 0.05) is 12.8 Å². The third-order valence-electron chi connectivity index (χ3n) is 18.2. The van der Waals surface area contributed by atoms with Gasteiger partial charge in [0.2, 0.25) is 5.91 Å². The Bertz CT molecular complexity index is 1320. The van der Waals surface area contributed by atoms with E-state index in [1.165, 1.54) is 372 Å². The van der Waals surface area contributed by atoms with Crippen molar-refractivity contribution in [1.29, 1.82) is 0 Å². The molecule has 0 aromatic carbocycles. The summed E-state index contributed by atoms with van der Waals surface area (Å²) in [6.45, 7) is 4.96. The van der Waals surface area contributed by atoms with E-state index in [1.807, 2.05) is 6.08 Å². The fourth-order valence-corrected chi connectivity index (χ4v) is 12.3. The van der Waals surface area contributed by atoms with E-state index in [0.29, 0.717) is 19.4 Å². The Balaban J connectivity index is 3.39. The number of allylic oxidation sites excluding steroid dienone is 3. The zero-order chi connectivity index (χ0) is 60.6. The van der Waals surface area contributed by atoms with Gasteiger partial charge in [-0.3, -0.25) is 9.59 Å². The molecule has 0 aromatic heterocycles. The van der Waals surface area contributed by atoms with Crippen molar-refractivity contribution in [1.82, 2.24) is 5.32 Å². The molecule has 0 spiro atoms. The van der Waals surface area contributed by atoms with Gasteiger partial charge in [-0.05, 0) is 57.8 Å². The van der Waals surface area contributed by atoms with E-state index in [0.717, 1.165) is 38.5 Å². The largest absolute Gasteiger partial charge is 0.466 e. The van der Waals surface area contributed by atoms with E-state index >= 15 is 0 Å². The second-order valence-corrected chi connectivity index (χ2v) is 26.7. The summed E-state index contributed by atoms with van der Waals surface area (Å²) >= 11 is 0. The molecule has 0 fully saturated rings. The van der Waals surface area contributed by atoms with Crippen LogP contribution in [0.25, 0.3) is 0 Å². The third kappa shape index (κ3) is 69.4. The fraction of sp³-hybridized carbons (Fsp3) is 0.923. The Labute approximate surface area is 526 Å². The number of hydrogen-bond acceptors (Lipinski definition) is 5. The van der Waals surface area contributed by atoms with Gasteiger partial charge in [0.15, 0.2) is 0 Å². The van der Waals surface area contributed by atoms with Crippen molar-refractivity contribution in [3.63, 3.8) is 0 Å². The van der Waals surface area contributed by atoms with E-state index in [-0.39, 0.29) is 18.5 Å². The first-order chi connectivity index (χ1) is 41.5. The maximum atomic E-state index is 12.5. The molecule has 0 bridgehead atoms. The lowest BCUT2D eigenvalue weighted by atomic mass is 10.0. The van der Waals surface area contributed by atoms with Crippen molar-refractivity contribution in [3.8, 4) is 0 Å². The van der Waals surface area contributed by atoms with Crippen molar-refractivity contribution >= 4 is 11.9 Å². The molecule has 0 aromatic rings. The van der Waals surface area contributed by atoms with Crippen LogP contribution in [0.3, 0.4) is 0 Å². The van der Waals surface area contributed by atoms with Gasteiger partial charge >= 0.3 is 5.97 Å². The smallest absolute Gasteiger partial charge is 0.305 e. The lowest BCUT2D eigenvalue weighted by Crippen LogP contribution is -2.45. The second-order valence-electron chi connectivity index (χ2n) is 26.7. The molecule has 0 radical (unpaired) electrons. The number of amides is 1. The lowest BCUT2D eigenvalue weighted by Gasteiger charge is -2.20. The monoisotopic (exact) mass is 1180 g/mol. The number of carbonyl (C=O) groups is 2. The summed E-state index contributed by atoms with van der Waals surface area (Å²) in [6, 6.07) is -0.629. The van der Waals surface area contributed by atoms with Gasteiger partial charge in [0.05, 0.1) is 25.4 Å². The number of aliphatic hydroxyl groups is 2. The van der Waals surface area contributed by atoms with Gasteiger partial charge in [0.25, 0.3) is 0 Å². The minimum absolute atomic E-state index is 0.0200. The number of aliphatic hydroxyl groups excluding tert-OH is 2. The van der Waals surface area contributed by atoms with Crippen molar-refractivity contribution in [2.45, 2.75) is 450 Å². The predicted molar refractivity (Wildman–Crippen MR) is 370 cm³/mol. The molecule has 2 atom stereocenters. The van der Waals surface area contributed by atoms with Gasteiger partial charge in [-0.1, -0.05) is 391 Å². The van der Waals surface area contributed by atoms with Crippen LogP contribution in [0.4, 0.5) is 0 Å². The second kappa shape index (κ2) is 73.8. The first kappa shape index (κ1) is 82.3.